The summed E-state index contributed by atoms with van der Waals surface area (Å²) in [5.41, 5.74) is -1.37. The Morgan fingerprint density at radius 1 is 1.21 bits per heavy atom. The second-order valence-electron chi connectivity index (χ2n) is 8.84. The standard InChI is InChI=1S/C23H30O6/c1-13(2)23(27)11-10-22(4)19(23)17(12-14(3)18(24)20(22)25)29-21(26)15-6-8-16(28-5)9-7-15/h6-9,12-13,17,19-20,25,27H,10-11H2,1-5H3/t17-,19+,20-,22-,23+/m0/s1. The third-order valence-electron chi connectivity index (χ3n) is 6.89. The van der Waals surface area contributed by atoms with Gasteiger partial charge in [0.05, 0.1) is 18.3 Å². The zero-order valence-corrected chi connectivity index (χ0v) is 17.6. The first-order chi connectivity index (χ1) is 13.5. The van der Waals surface area contributed by atoms with Gasteiger partial charge in [0.15, 0.2) is 5.78 Å². The number of carbonyl (C=O) groups is 2. The second kappa shape index (κ2) is 7.58. The summed E-state index contributed by atoms with van der Waals surface area (Å²) < 4.78 is 11.0. The lowest BCUT2D eigenvalue weighted by Gasteiger charge is -2.44. The molecule has 1 fully saturated rings. The van der Waals surface area contributed by atoms with Crippen molar-refractivity contribution in [3.05, 3.63) is 41.5 Å². The maximum Gasteiger partial charge on any atom is 0.338 e. The molecule has 3 rings (SSSR count). The van der Waals surface area contributed by atoms with Crippen molar-refractivity contribution in [3.63, 3.8) is 0 Å². The van der Waals surface area contributed by atoms with Gasteiger partial charge in [-0.3, -0.25) is 4.79 Å². The fourth-order valence-corrected chi connectivity index (χ4v) is 4.93. The van der Waals surface area contributed by atoms with Crippen LogP contribution in [0.25, 0.3) is 0 Å². The molecule has 0 unspecified atom stereocenters. The van der Waals surface area contributed by atoms with E-state index in [2.05, 4.69) is 0 Å². The van der Waals surface area contributed by atoms with Gasteiger partial charge in [0.1, 0.15) is 18.0 Å². The van der Waals surface area contributed by atoms with Gasteiger partial charge < -0.3 is 19.7 Å². The van der Waals surface area contributed by atoms with Crippen molar-refractivity contribution >= 4 is 11.8 Å². The van der Waals surface area contributed by atoms with Crippen LogP contribution in [0.4, 0.5) is 0 Å². The van der Waals surface area contributed by atoms with E-state index in [1.165, 1.54) is 0 Å². The number of methoxy groups -OCH3 is 1. The van der Waals surface area contributed by atoms with Crippen molar-refractivity contribution in [2.24, 2.45) is 17.3 Å². The molecule has 0 spiro atoms. The molecule has 0 aliphatic heterocycles. The van der Waals surface area contributed by atoms with E-state index >= 15 is 0 Å². The molecule has 0 amide bonds. The molecule has 0 heterocycles. The van der Waals surface area contributed by atoms with Crippen molar-refractivity contribution in [1.82, 2.24) is 0 Å². The largest absolute Gasteiger partial charge is 0.497 e. The molecule has 6 nitrogen and oxygen atoms in total. The maximum absolute atomic E-state index is 12.8. The van der Waals surface area contributed by atoms with Gasteiger partial charge in [-0.05, 0) is 61.6 Å². The number of hydrogen-bond donors (Lipinski definition) is 2. The van der Waals surface area contributed by atoms with Crippen LogP contribution in [0.5, 0.6) is 5.75 Å². The van der Waals surface area contributed by atoms with Crippen LogP contribution in [-0.2, 0) is 9.53 Å². The lowest BCUT2D eigenvalue weighted by Crippen LogP contribution is -2.53. The highest BCUT2D eigenvalue weighted by molar-refractivity contribution is 5.99. The van der Waals surface area contributed by atoms with Crippen LogP contribution in [0.15, 0.2) is 35.9 Å². The van der Waals surface area contributed by atoms with Crippen LogP contribution in [0.2, 0.25) is 0 Å². The summed E-state index contributed by atoms with van der Waals surface area (Å²) in [7, 11) is 1.54. The molecule has 1 aromatic carbocycles. The van der Waals surface area contributed by atoms with Gasteiger partial charge in [0.2, 0.25) is 0 Å². The first-order valence-corrected chi connectivity index (χ1v) is 10.0. The molecule has 2 aliphatic carbocycles. The minimum atomic E-state index is -1.25. The Morgan fingerprint density at radius 3 is 2.38 bits per heavy atom. The van der Waals surface area contributed by atoms with E-state index < -0.39 is 35.1 Å². The van der Waals surface area contributed by atoms with Gasteiger partial charge in [0.25, 0.3) is 0 Å². The number of Topliss-reactive ketones (excluding diaryl/α,β-unsaturated/α-hetero) is 1. The first kappa shape index (κ1) is 21.5. The number of hydrogen-bond acceptors (Lipinski definition) is 6. The average molecular weight is 402 g/mol. The van der Waals surface area contributed by atoms with Gasteiger partial charge in [-0.2, -0.15) is 0 Å². The summed E-state index contributed by atoms with van der Waals surface area (Å²) in [5.74, 6) is -1.04. The highest BCUT2D eigenvalue weighted by Crippen LogP contribution is 2.57. The highest BCUT2D eigenvalue weighted by Gasteiger charge is 2.63. The lowest BCUT2D eigenvalue weighted by atomic mass is 9.66. The number of carbonyl (C=O) groups excluding carboxylic acids is 2. The van der Waals surface area contributed by atoms with E-state index in [1.807, 2.05) is 13.8 Å². The van der Waals surface area contributed by atoms with Crippen LogP contribution in [-0.4, -0.2) is 46.9 Å². The predicted octanol–water partition coefficient (Wildman–Crippen LogP) is 2.91. The van der Waals surface area contributed by atoms with Crippen molar-refractivity contribution in [3.8, 4) is 5.75 Å². The summed E-state index contributed by atoms with van der Waals surface area (Å²) in [5, 5.41) is 22.3. The lowest BCUT2D eigenvalue weighted by molar-refractivity contribution is -0.142. The number of esters is 1. The monoisotopic (exact) mass is 402 g/mol. The zero-order valence-electron chi connectivity index (χ0n) is 17.6. The van der Waals surface area contributed by atoms with Gasteiger partial charge in [-0.1, -0.05) is 20.8 Å². The molecule has 6 heteroatoms. The molecule has 29 heavy (non-hydrogen) atoms. The van der Waals surface area contributed by atoms with E-state index in [1.54, 1.807) is 51.3 Å². The summed E-state index contributed by atoms with van der Waals surface area (Å²) in [4.78, 5) is 25.5. The molecule has 0 saturated heterocycles. The van der Waals surface area contributed by atoms with Crippen LogP contribution >= 0.6 is 0 Å². The molecule has 0 radical (unpaired) electrons. The molecular weight excluding hydrogens is 372 g/mol. The fourth-order valence-electron chi connectivity index (χ4n) is 4.93. The molecule has 1 aromatic rings. The fraction of sp³-hybridized carbons (Fsp3) is 0.565. The molecule has 158 valence electrons. The van der Waals surface area contributed by atoms with Crippen molar-refractivity contribution in [2.45, 2.75) is 58.3 Å². The van der Waals surface area contributed by atoms with E-state index in [9.17, 15) is 19.8 Å². The number of benzene rings is 1. The molecule has 5 atom stereocenters. The van der Waals surface area contributed by atoms with Gasteiger partial charge in [-0.15, -0.1) is 0 Å². The summed E-state index contributed by atoms with van der Waals surface area (Å²) in [6, 6.07) is 6.55. The van der Waals surface area contributed by atoms with E-state index in [4.69, 9.17) is 9.47 Å². The normalized spacial score (nSPS) is 34.4. The highest BCUT2D eigenvalue weighted by atomic mass is 16.5. The Morgan fingerprint density at radius 2 is 1.83 bits per heavy atom. The Labute approximate surface area is 171 Å². The smallest absolute Gasteiger partial charge is 0.338 e. The quantitative estimate of drug-likeness (QED) is 0.753. The molecular formula is C23H30O6. The molecule has 0 aromatic heterocycles. The van der Waals surface area contributed by atoms with Crippen molar-refractivity contribution in [1.29, 1.82) is 0 Å². The molecule has 2 N–H and O–H groups in total. The van der Waals surface area contributed by atoms with Gasteiger partial charge >= 0.3 is 5.97 Å². The number of ketones is 1. The van der Waals surface area contributed by atoms with E-state index in [0.29, 0.717) is 29.7 Å². The average Bonchev–Trinajstić information content (AvgIpc) is 2.96. The Kier molecular flexibility index (Phi) is 5.62. The van der Waals surface area contributed by atoms with Gasteiger partial charge in [-0.25, -0.2) is 4.79 Å². The second-order valence-corrected chi connectivity index (χ2v) is 8.84. The topological polar surface area (TPSA) is 93.1 Å². The first-order valence-electron chi connectivity index (χ1n) is 10.0. The molecule has 2 aliphatic rings. The van der Waals surface area contributed by atoms with E-state index in [-0.39, 0.29) is 11.7 Å². The third kappa shape index (κ3) is 3.49. The summed E-state index contributed by atoms with van der Waals surface area (Å²) in [6.07, 6.45) is 0.407. The number of aliphatic hydroxyl groups excluding tert-OH is 1. The van der Waals surface area contributed by atoms with Crippen LogP contribution in [0.1, 0.15) is 50.9 Å². The minimum absolute atomic E-state index is 0.134. The van der Waals surface area contributed by atoms with Crippen molar-refractivity contribution in [2.75, 3.05) is 7.11 Å². The Balaban J connectivity index is 2.01. The van der Waals surface area contributed by atoms with Crippen LogP contribution in [0, 0.1) is 17.3 Å². The number of aliphatic hydroxyl groups is 2. The summed E-state index contributed by atoms with van der Waals surface area (Å²) >= 11 is 0. The van der Waals surface area contributed by atoms with Gasteiger partial charge in [0, 0.05) is 11.3 Å². The van der Waals surface area contributed by atoms with Crippen LogP contribution < -0.4 is 4.74 Å². The third-order valence-corrected chi connectivity index (χ3v) is 6.89. The number of fused-ring (bicyclic) bond motifs is 1. The number of rotatable bonds is 4. The Bertz CT molecular complexity index is 826. The van der Waals surface area contributed by atoms with Crippen molar-refractivity contribution < 1.29 is 29.3 Å². The SMILES string of the molecule is COc1ccc(C(=O)O[C@H]2C=C(C)C(=O)[C@H](O)[C@@]3(C)CC[C@@](O)(C(C)C)[C@H]23)cc1. The molecule has 0 bridgehead atoms. The summed E-state index contributed by atoms with van der Waals surface area (Å²) in [6.45, 7) is 7.23. The maximum atomic E-state index is 12.8. The number of ether oxygens (including phenoxy) is 2. The zero-order chi connectivity index (χ0) is 21.6. The van der Waals surface area contributed by atoms with E-state index in [0.717, 1.165) is 0 Å². The van der Waals surface area contributed by atoms with Crippen LogP contribution in [0.3, 0.4) is 0 Å². The minimum Gasteiger partial charge on any atom is -0.497 e. The molecule has 1 saturated carbocycles. The Hall–Kier alpha value is -2.18. The predicted molar refractivity (Wildman–Crippen MR) is 108 cm³/mol.